The summed E-state index contributed by atoms with van der Waals surface area (Å²) in [7, 11) is 0. The maximum absolute atomic E-state index is 14.9. The molecular weight excluding hydrogens is 492 g/mol. The number of fused-ring (bicyclic) bond motifs is 1. The largest absolute Gasteiger partial charge is 0.490 e. The van der Waals surface area contributed by atoms with Gasteiger partial charge in [-0.2, -0.15) is 0 Å². The third-order valence-corrected chi connectivity index (χ3v) is 9.09. The number of ether oxygens (including phenoxy) is 1. The first-order valence-electron chi connectivity index (χ1n) is 13.8. The van der Waals surface area contributed by atoms with Gasteiger partial charge in [0.1, 0.15) is 17.4 Å². The molecule has 1 aromatic carbocycles. The van der Waals surface area contributed by atoms with Gasteiger partial charge in [-0.25, -0.2) is 0 Å². The first-order valence-corrected chi connectivity index (χ1v) is 13.8. The van der Waals surface area contributed by atoms with Crippen LogP contribution in [0.5, 0.6) is 0 Å². The van der Waals surface area contributed by atoms with Gasteiger partial charge in [-0.05, 0) is 65.7 Å². The van der Waals surface area contributed by atoms with E-state index in [1.807, 2.05) is 39.8 Å². The van der Waals surface area contributed by atoms with Crippen molar-refractivity contribution in [3.63, 3.8) is 0 Å². The number of rotatable bonds is 7. The Labute approximate surface area is 231 Å². The van der Waals surface area contributed by atoms with E-state index in [-0.39, 0.29) is 42.3 Å². The molecule has 6 nitrogen and oxygen atoms in total. The van der Waals surface area contributed by atoms with E-state index in [0.717, 1.165) is 5.57 Å². The Morgan fingerprint density at radius 2 is 1.67 bits per heavy atom. The van der Waals surface area contributed by atoms with Crippen LogP contribution in [0.25, 0.3) is 0 Å². The van der Waals surface area contributed by atoms with Gasteiger partial charge < -0.3 is 14.9 Å². The van der Waals surface area contributed by atoms with Gasteiger partial charge in [-0.15, -0.1) is 0 Å². The lowest BCUT2D eigenvalue weighted by atomic mass is 9.40. The quantitative estimate of drug-likeness (QED) is 0.206. The van der Waals surface area contributed by atoms with E-state index in [0.29, 0.717) is 5.56 Å². The molecular formula is C33H42O6. The third-order valence-electron chi connectivity index (χ3n) is 9.09. The molecule has 2 fully saturated rings. The normalized spacial score (nSPS) is 30.3. The molecule has 2 N–H and O–H groups in total. The van der Waals surface area contributed by atoms with Crippen molar-refractivity contribution in [3.8, 4) is 0 Å². The SMILES string of the molecule is CC(C)=CC[C@@]12C[C@@H](/C=C/C(C)(C)O)C(C)(C)[C@@]3(C[C@H](C(C)(C)O)OC3=C(C(=O)c3ccccc3)C1=O)C2=O. The van der Waals surface area contributed by atoms with E-state index >= 15 is 0 Å². The van der Waals surface area contributed by atoms with Crippen LogP contribution in [-0.2, 0) is 14.3 Å². The summed E-state index contributed by atoms with van der Waals surface area (Å²) in [6, 6.07) is 8.60. The van der Waals surface area contributed by atoms with Crippen LogP contribution >= 0.6 is 0 Å². The molecule has 1 aromatic rings. The molecule has 0 amide bonds. The molecule has 2 bridgehead atoms. The van der Waals surface area contributed by atoms with Crippen LogP contribution in [0, 0.1) is 22.2 Å². The smallest absolute Gasteiger partial charge is 0.200 e. The number of hydrogen-bond donors (Lipinski definition) is 2. The second-order valence-electron chi connectivity index (χ2n) is 13.5. The summed E-state index contributed by atoms with van der Waals surface area (Å²) in [6.45, 7) is 14.4. The molecule has 4 rings (SSSR count). The Kier molecular flexibility index (Phi) is 7.01. The van der Waals surface area contributed by atoms with Crippen LogP contribution in [0.1, 0.15) is 85.0 Å². The fraction of sp³-hybridized carbons (Fsp3) is 0.545. The van der Waals surface area contributed by atoms with Crippen molar-refractivity contribution >= 4 is 17.3 Å². The fourth-order valence-corrected chi connectivity index (χ4v) is 6.60. The van der Waals surface area contributed by atoms with Crippen molar-refractivity contribution in [3.05, 3.63) is 71.0 Å². The lowest BCUT2D eigenvalue weighted by Gasteiger charge is -2.58. The predicted octanol–water partition coefficient (Wildman–Crippen LogP) is 5.54. The van der Waals surface area contributed by atoms with Gasteiger partial charge in [0.25, 0.3) is 0 Å². The molecule has 1 aliphatic heterocycles. The number of carbonyl (C=O) groups excluding carboxylic acids is 3. The summed E-state index contributed by atoms with van der Waals surface area (Å²) in [5, 5.41) is 21.6. The summed E-state index contributed by atoms with van der Waals surface area (Å²) in [6.07, 6.45) is 5.27. The molecule has 1 saturated carbocycles. The van der Waals surface area contributed by atoms with Gasteiger partial charge in [-0.1, -0.05) is 68.0 Å². The first kappa shape index (κ1) is 29.2. The second-order valence-corrected chi connectivity index (χ2v) is 13.5. The van der Waals surface area contributed by atoms with E-state index in [1.165, 1.54) is 0 Å². The minimum absolute atomic E-state index is 0.0762. The van der Waals surface area contributed by atoms with Gasteiger partial charge in [0, 0.05) is 12.0 Å². The van der Waals surface area contributed by atoms with Crippen molar-refractivity contribution in [2.24, 2.45) is 22.2 Å². The molecule has 2 aliphatic carbocycles. The second kappa shape index (κ2) is 9.38. The standard InChI is InChI=1S/C33H42O6/c1-20(2)14-17-32-18-22(15-16-29(3,4)37)30(5,6)33(28(32)36)19-23(31(7,8)38)39-27(33)24(26(32)35)25(34)21-12-10-9-11-13-21/h9-16,22-23,37-38H,17-19H2,1-8H3/b16-15+/t22-,23-,32-,33-/m1/s1. The molecule has 1 saturated heterocycles. The monoisotopic (exact) mass is 534 g/mol. The molecule has 4 atom stereocenters. The van der Waals surface area contributed by atoms with Gasteiger partial charge in [0.15, 0.2) is 17.3 Å². The average Bonchev–Trinajstić information content (AvgIpc) is 3.24. The summed E-state index contributed by atoms with van der Waals surface area (Å²) in [5.74, 6) is -1.41. The number of Topliss-reactive ketones (excluding diaryl/α,β-unsaturated/α-hetero) is 3. The maximum atomic E-state index is 14.9. The summed E-state index contributed by atoms with van der Waals surface area (Å²) < 4.78 is 6.38. The first-order chi connectivity index (χ1) is 17.9. The zero-order valence-corrected chi connectivity index (χ0v) is 24.4. The molecule has 1 spiro atoms. The van der Waals surface area contributed by atoms with Crippen molar-refractivity contribution in [1.82, 2.24) is 0 Å². The van der Waals surface area contributed by atoms with E-state index in [1.54, 1.807) is 64.1 Å². The highest BCUT2D eigenvalue weighted by atomic mass is 16.5. The molecule has 0 aromatic heterocycles. The predicted molar refractivity (Wildman–Crippen MR) is 150 cm³/mol. The van der Waals surface area contributed by atoms with Gasteiger partial charge in [0.05, 0.1) is 22.0 Å². The van der Waals surface area contributed by atoms with Crippen molar-refractivity contribution in [2.75, 3.05) is 0 Å². The highest BCUT2D eigenvalue weighted by Crippen LogP contribution is 2.70. The molecule has 1 heterocycles. The Morgan fingerprint density at radius 1 is 1.05 bits per heavy atom. The zero-order chi connectivity index (χ0) is 29.2. The highest BCUT2D eigenvalue weighted by molar-refractivity contribution is 6.35. The van der Waals surface area contributed by atoms with Crippen LogP contribution in [-0.4, -0.2) is 44.9 Å². The number of allylic oxidation sites excluding steroid dienone is 5. The third kappa shape index (κ3) is 4.55. The molecule has 0 unspecified atom stereocenters. The van der Waals surface area contributed by atoms with Crippen molar-refractivity contribution in [1.29, 1.82) is 0 Å². The van der Waals surface area contributed by atoms with Gasteiger partial charge in [-0.3, -0.25) is 14.4 Å². The summed E-state index contributed by atoms with van der Waals surface area (Å²) in [5.41, 5.74) is -4.74. The summed E-state index contributed by atoms with van der Waals surface area (Å²) in [4.78, 5) is 43.5. The van der Waals surface area contributed by atoms with E-state index in [9.17, 15) is 24.6 Å². The number of ketones is 3. The Morgan fingerprint density at radius 3 is 2.21 bits per heavy atom. The Hall–Kier alpha value is -2.83. The van der Waals surface area contributed by atoms with Crippen LogP contribution in [0.15, 0.2) is 65.5 Å². The average molecular weight is 535 g/mol. The molecule has 210 valence electrons. The Bertz CT molecular complexity index is 1280. The zero-order valence-electron chi connectivity index (χ0n) is 24.4. The lowest BCUT2D eigenvalue weighted by Crippen LogP contribution is -2.65. The Balaban J connectivity index is 2.08. The van der Waals surface area contributed by atoms with Crippen LogP contribution in [0.4, 0.5) is 0 Å². The molecule has 39 heavy (non-hydrogen) atoms. The number of aliphatic hydroxyl groups is 2. The van der Waals surface area contributed by atoms with Gasteiger partial charge in [0.2, 0.25) is 0 Å². The minimum atomic E-state index is -1.47. The van der Waals surface area contributed by atoms with E-state index in [4.69, 9.17) is 4.74 Å². The fourth-order valence-electron chi connectivity index (χ4n) is 6.60. The number of benzene rings is 1. The van der Waals surface area contributed by atoms with Crippen LogP contribution < -0.4 is 0 Å². The summed E-state index contributed by atoms with van der Waals surface area (Å²) >= 11 is 0. The van der Waals surface area contributed by atoms with E-state index in [2.05, 4.69) is 0 Å². The van der Waals surface area contributed by atoms with Crippen molar-refractivity contribution < 1.29 is 29.3 Å². The number of carbonyl (C=O) groups is 3. The van der Waals surface area contributed by atoms with Crippen LogP contribution in [0.2, 0.25) is 0 Å². The van der Waals surface area contributed by atoms with Gasteiger partial charge >= 0.3 is 0 Å². The maximum Gasteiger partial charge on any atom is 0.200 e. The number of hydrogen-bond acceptors (Lipinski definition) is 6. The molecule has 3 aliphatic rings. The lowest BCUT2D eigenvalue weighted by molar-refractivity contribution is -0.163. The molecule has 0 radical (unpaired) electrons. The highest BCUT2D eigenvalue weighted by Gasteiger charge is 2.75. The van der Waals surface area contributed by atoms with E-state index < -0.39 is 45.1 Å². The minimum Gasteiger partial charge on any atom is -0.490 e. The van der Waals surface area contributed by atoms with Crippen molar-refractivity contribution in [2.45, 2.75) is 92.0 Å². The topological polar surface area (TPSA) is 101 Å². The molecule has 6 heteroatoms. The van der Waals surface area contributed by atoms with Crippen LogP contribution in [0.3, 0.4) is 0 Å².